The summed E-state index contributed by atoms with van der Waals surface area (Å²) in [7, 11) is 0. The van der Waals surface area contributed by atoms with Crippen molar-refractivity contribution in [1.82, 2.24) is 15.3 Å². The second kappa shape index (κ2) is 9.29. The average molecular weight is 396 g/mol. The monoisotopic (exact) mass is 396 g/mol. The first-order chi connectivity index (χ1) is 13.2. The molecule has 11 nitrogen and oxygen atoms in total. The molecule has 2 fully saturated rings. The normalized spacial score (nSPS) is 20.5. The lowest BCUT2D eigenvalue weighted by Gasteiger charge is -2.24. The number of hydrogen-bond acceptors (Lipinski definition) is 7. The predicted molar refractivity (Wildman–Crippen MR) is 92.5 cm³/mol. The molecule has 0 aromatic rings. The number of nitrogens with one attached hydrogen (secondary N) is 1. The summed E-state index contributed by atoms with van der Waals surface area (Å²) in [6.07, 6.45) is 0.142. The summed E-state index contributed by atoms with van der Waals surface area (Å²) >= 11 is 0. The zero-order valence-corrected chi connectivity index (χ0v) is 15.6. The molecule has 2 aliphatic heterocycles. The molecule has 2 heterocycles. The maximum atomic E-state index is 12.1. The lowest BCUT2D eigenvalue weighted by Crippen LogP contribution is -2.45. The Morgan fingerprint density at radius 1 is 1.14 bits per heavy atom. The molecule has 0 bridgehead atoms. The van der Waals surface area contributed by atoms with Crippen molar-refractivity contribution in [1.29, 1.82) is 0 Å². The quantitative estimate of drug-likeness (QED) is 0.454. The van der Waals surface area contributed by atoms with Crippen LogP contribution < -0.4 is 11.1 Å². The summed E-state index contributed by atoms with van der Waals surface area (Å²) < 4.78 is 0. The Morgan fingerprint density at radius 2 is 1.79 bits per heavy atom. The van der Waals surface area contributed by atoms with Crippen molar-refractivity contribution in [2.75, 3.05) is 13.1 Å². The largest absolute Gasteiger partial charge is 0.368 e. The molecule has 154 valence electrons. The van der Waals surface area contributed by atoms with Crippen molar-refractivity contribution in [2.45, 2.75) is 51.5 Å². The second-order valence-corrected chi connectivity index (χ2v) is 6.79. The minimum atomic E-state index is -0.854. The molecule has 5 amide bonds. The van der Waals surface area contributed by atoms with E-state index in [-0.39, 0.29) is 50.5 Å². The van der Waals surface area contributed by atoms with E-state index in [2.05, 4.69) is 10.2 Å². The summed E-state index contributed by atoms with van der Waals surface area (Å²) in [5.41, 5.74) is 5.31. The van der Waals surface area contributed by atoms with Crippen molar-refractivity contribution in [3.63, 3.8) is 0 Å². The number of amides is 5. The van der Waals surface area contributed by atoms with Crippen molar-refractivity contribution in [2.24, 2.45) is 11.7 Å². The van der Waals surface area contributed by atoms with Crippen LogP contribution in [-0.2, 0) is 33.6 Å². The first kappa shape index (κ1) is 21.3. The molecule has 0 aliphatic carbocycles. The highest BCUT2D eigenvalue weighted by Crippen LogP contribution is 2.21. The van der Waals surface area contributed by atoms with E-state index in [4.69, 9.17) is 5.73 Å². The van der Waals surface area contributed by atoms with Crippen molar-refractivity contribution < 1.29 is 33.6 Å². The van der Waals surface area contributed by atoms with Gasteiger partial charge in [-0.05, 0) is 6.42 Å². The fourth-order valence-corrected chi connectivity index (χ4v) is 3.19. The maximum absolute atomic E-state index is 12.1. The predicted octanol–water partition coefficient (Wildman–Crippen LogP) is -1.40. The smallest absolute Gasteiger partial charge is 0.333 e. The third-order valence-corrected chi connectivity index (χ3v) is 4.67. The van der Waals surface area contributed by atoms with Gasteiger partial charge in [-0.2, -0.15) is 0 Å². The van der Waals surface area contributed by atoms with Crippen LogP contribution in [0.15, 0.2) is 0 Å². The van der Waals surface area contributed by atoms with E-state index < -0.39 is 35.6 Å². The Hall–Kier alpha value is -2.98. The van der Waals surface area contributed by atoms with Crippen molar-refractivity contribution in [3.05, 3.63) is 0 Å². The topological polar surface area (TPSA) is 156 Å². The van der Waals surface area contributed by atoms with Crippen LogP contribution in [-0.4, -0.2) is 64.6 Å². The van der Waals surface area contributed by atoms with E-state index in [1.165, 1.54) is 4.90 Å². The Labute approximate surface area is 161 Å². The fraction of sp³-hybridized carbons (Fsp3) is 0.647. The first-order valence-electron chi connectivity index (χ1n) is 9.15. The van der Waals surface area contributed by atoms with Crippen LogP contribution in [0, 0.1) is 5.92 Å². The third-order valence-electron chi connectivity index (χ3n) is 4.67. The van der Waals surface area contributed by atoms with Gasteiger partial charge in [0.15, 0.2) is 0 Å². The molecule has 0 saturated carbocycles. The Kier molecular flexibility index (Phi) is 7.07. The van der Waals surface area contributed by atoms with Gasteiger partial charge in [-0.1, -0.05) is 6.92 Å². The number of carbonyl (C=O) groups excluding carboxylic acids is 6. The molecule has 2 aliphatic rings. The molecule has 28 heavy (non-hydrogen) atoms. The zero-order chi connectivity index (χ0) is 20.8. The summed E-state index contributed by atoms with van der Waals surface area (Å²) in [6, 6.07) is -0.654. The minimum Gasteiger partial charge on any atom is -0.368 e. The SMILES string of the molecule is CC[C@H](C(N)=O)N1CC(CNC(=O)CCC(=O)ON2C(=O)CCC2=O)CC1=O. The molecule has 2 rings (SSSR count). The summed E-state index contributed by atoms with van der Waals surface area (Å²) in [5, 5.41) is 3.06. The number of nitrogens with zero attached hydrogens (tertiary/aromatic N) is 2. The molecule has 2 saturated heterocycles. The number of hydroxylamine groups is 2. The Balaban J connectivity index is 1.70. The molecule has 0 radical (unpaired) electrons. The van der Waals surface area contributed by atoms with Gasteiger partial charge in [0.1, 0.15) is 6.04 Å². The van der Waals surface area contributed by atoms with E-state index in [1.54, 1.807) is 6.92 Å². The van der Waals surface area contributed by atoms with Crippen LogP contribution in [0.1, 0.15) is 45.4 Å². The average Bonchev–Trinajstić information content (AvgIpc) is 3.15. The lowest BCUT2D eigenvalue weighted by molar-refractivity contribution is -0.197. The van der Waals surface area contributed by atoms with Crippen LogP contribution in [0.25, 0.3) is 0 Å². The minimum absolute atomic E-state index is 0.00162. The van der Waals surface area contributed by atoms with Gasteiger partial charge in [-0.25, -0.2) is 4.79 Å². The van der Waals surface area contributed by atoms with Crippen LogP contribution in [0.2, 0.25) is 0 Å². The van der Waals surface area contributed by atoms with E-state index in [0.717, 1.165) is 0 Å². The highest BCUT2D eigenvalue weighted by atomic mass is 16.7. The second-order valence-electron chi connectivity index (χ2n) is 6.79. The van der Waals surface area contributed by atoms with Crippen LogP contribution in [0.4, 0.5) is 0 Å². The van der Waals surface area contributed by atoms with Crippen molar-refractivity contribution >= 4 is 35.5 Å². The number of carbonyl (C=O) groups is 6. The van der Waals surface area contributed by atoms with E-state index in [1.807, 2.05) is 0 Å². The third kappa shape index (κ3) is 5.27. The molecular weight excluding hydrogens is 372 g/mol. The van der Waals surface area contributed by atoms with Crippen LogP contribution in [0.3, 0.4) is 0 Å². The van der Waals surface area contributed by atoms with Gasteiger partial charge in [-0.3, -0.25) is 24.0 Å². The molecule has 0 spiro atoms. The van der Waals surface area contributed by atoms with Crippen LogP contribution in [0.5, 0.6) is 0 Å². The van der Waals surface area contributed by atoms with Gasteiger partial charge in [0, 0.05) is 44.7 Å². The van der Waals surface area contributed by atoms with Crippen LogP contribution >= 0.6 is 0 Å². The van der Waals surface area contributed by atoms with E-state index in [9.17, 15) is 28.8 Å². The molecule has 11 heteroatoms. The van der Waals surface area contributed by atoms with Gasteiger partial charge < -0.3 is 20.8 Å². The number of nitrogens with two attached hydrogens (primary N) is 1. The van der Waals surface area contributed by atoms with E-state index >= 15 is 0 Å². The van der Waals surface area contributed by atoms with Gasteiger partial charge in [-0.15, -0.1) is 5.06 Å². The number of rotatable bonds is 9. The van der Waals surface area contributed by atoms with Gasteiger partial charge in [0.05, 0.1) is 6.42 Å². The number of primary amides is 1. The molecule has 1 unspecified atom stereocenters. The zero-order valence-electron chi connectivity index (χ0n) is 15.6. The Bertz CT molecular complexity index is 677. The molecular formula is C17H24N4O7. The fourth-order valence-electron chi connectivity index (χ4n) is 3.19. The molecule has 2 atom stereocenters. The highest BCUT2D eigenvalue weighted by molar-refractivity contribution is 6.01. The summed E-state index contributed by atoms with van der Waals surface area (Å²) in [6.45, 7) is 2.30. The highest BCUT2D eigenvalue weighted by Gasteiger charge is 2.36. The van der Waals surface area contributed by atoms with Crippen molar-refractivity contribution in [3.8, 4) is 0 Å². The Morgan fingerprint density at radius 3 is 2.36 bits per heavy atom. The van der Waals surface area contributed by atoms with Gasteiger partial charge in [0.2, 0.25) is 17.7 Å². The standard InChI is InChI=1S/C17H24N4O7/c1-2-11(17(18)27)20-9-10(7-15(20)25)8-19-12(22)3-6-16(26)28-21-13(23)4-5-14(21)24/h10-11H,2-9H2,1H3,(H2,18,27)(H,19,22)/t10?,11-/m1/s1. The summed E-state index contributed by atoms with van der Waals surface area (Å²) in [5.74, 6) is -3.35. The van der Waals surface area contributed by atoms with Gasteiger partial charge in [0.25, 0.3) is 11.8 Å². The maximum Gasteiger partial charge on any atom is 0.333 e. The molecule has 0 aromatic carbocycles. The molecule has 0 aromatic heterocycles. The first-order valence-corrected chi connectivity index (χ1v) is 9.15. The number of hydrogen-bond donors (Lipinski definition) is 2. The van der Waals surface area contributed by atoms with Gasteiger partial charge >= 0.3 is 5.97 Å². The lowest BCUT2D eigenvalue weighted by atomic mass is 10.1. The summed E-state index contributed by atoms with van der Waals surface area (Å²) in [4.78, 5) is 75.9. The van der Waals surface area contributed by atoms with E-state index in [0.29, 0.717) is 18.0 Å². The number of likely N-dealkylation sites (tertiary alicyclic amines) is 1. The molecule has 3 N–H and O–H groups in total. The number of imide groups is 1.